The van der Waals surface area contributed by atoms with Gasteiger partial charge in [0.05, 0.1) is 4.90 Å². The largest absolute Gasteiger partial charge is 0.306 e. The lowest BCUT2D eigenvalue weighted by molar-refractivity contribution is 0.0964. The van der Waals surface area contributed by atoms with Crippen molar-refractivity contribution in [1.82, 2.24) is 9.62 Å². The molecule has 34 heavy (non-hydrogen) atoms. The summed E-state index contributed by atoms with van der Waals surface area (Å²) in [5, 5.41) is 0. The van der Waals surface area contributed by atoms with Gasteiger partial charge in [-0.15, -0.1) is 0 Å². The van der Waals surface area contributed by atoms with Gasteiger partial charge in [-0.25, -0.2) is 13.1 Å². The molecule has 1 fully saturated rings. The van der Waals surface area contributed by atoms with Gasteiger partial charge in [-0.05, 0) is 62.3 Å². The Morgan fingerprint density at radius 3 is 2.62 bits per heavy atom. The van der Waals surface area contributed by atoms with E-state index in [1.165, 1.54) is 23.3 Å². The third-order valence-electron chi connectivity index (χ3n) is 6.87. The molecule has 2 aliphatic rings. The molecule has 0 radical (unpaired) electrons. The number of benzene rings is 3. The van der Waals surface area contributed by atoms with Gasteiger partial charge in [-0.2, -0.15) is 0 Å². The van der Waals surface area contributed by atoms with Gasteiger partial charge >= 0.3 is 0 Å². The Labute approximate surface area is 201 Å². The highest BCUT2D eigenvalue weighted by Crippen LogP contribution is 2.45. The number of aryl methyl sites for hydroxylation is 1. The molecule has 176 valence electrons. The first-order valence-corrected chi connectivity index (χ1v) is 13.1. The Balaban J connectivity index is 1.44. The number of nitrogens with zero attached hydrogens (tertiary/aromatic N) is 2. The number of likely N-dealkylation sites (N-methyl/N-ethyl adjacent to an activating group) is 1. The summed E-state index contributed by atoms with van der Waals surface area (Å²) in [4.78, 5) is 18.1. The monoisotopic (exact) mass is 475 g/mol. The molecular formula is C27H29N3O3S. The van der Waals surface area contributed by atoms with Crippen LogP contribution in [0, 0.1) is 6.92 Å². The molecule has 2 atom stereocenters. The Morgan fingerprint density at radius 1 is 1.03 bits per heavy atom. The molecule has 0 spiro atoms. The van der Waals surface area contributed by atoms with Crippen molar-refractivity contribution in [2.45, 2.75) is 36.7 Å². The Hall–Kier alpha value is -3.00. The van der Waals surface area contributed by atoms with E-state index in [0.717, 1.165) is 30.8 Å². The molecular weight excluding hydrogens is 446 g/mol. The number of anilines is 1. The van der Waals surface area contributed by atoms with Crippen molar-refractivity contribution in [2.75, 3.05) is 25.0 Å². The molecule has 1 saturated heterocycles. The number of sulfonamides is 1. The van der Waals surface area contributed by atoms with E-state index < -0.39 is 10.0 Å². The summed E-state index contributed by atoms with van der Waals surface area (Å²) >= 11 is 0. The number of carbonyl (C=O) groups excluding carboxylic acids is 1. The lowest BCUT2D eigenvalue weighted by Gasteiger charge is -2.36. The lowest BCUT2D eigenvalue weighted by atomic mass is 9.88. The summed E-state index contributed by atoms with van der Waals surface area (Å²) in [7, 11) is -1.64. The van der Waals surface area contributed by atoms with Gasteiger partial charge in [-0.1, -0.05) is 54.1 Å². The fourth-order valence-electron chi connectivity index (χ4n) is 5.14. The second-order valence-corrected chi connectivity index (χ2v) is 11.1. The third kappa shape index (κ3) is 4.27. The maximum Gasteiger partial charge on any atom is 0.258 e. The molecule has 5 rings (SSSR count). The van der Waals surface area contributed by atoms with Crippen molar-refractivity contribution in [3.63, 3.8) is 0 Å². The van der Waals surface area contributed by atoms with Crippen LogP contribution in [0.2, 0.25) is 0 Å². The highest BCUT2D eigenvalue weighted by atomic mass is 32.2. The Morgan fingerprint density at radius 2 is 1.82 bits per heavy atom. The van der Waals surface area contributed by atoms with Crippen molar-refractivity contribution in [2.24, 2.45) is 0 Å². The predicted octanol–water partition coefficient (Wildman–Crippen LogP) is 3.92. The summed E-state index contributed by atoms with van der Waals surface area (Å²) < 4.78 is 28.6. The van der Waals surface area contributed by atoms with Crippen LogP contribution in [0.3, 0.4) is 0 Å². The second-order valence-electron chi connectivity index (χ2n) is 9.30. The van der Waals surface area contributed by atoms with E-state index in [2.05, 4.69) is 29.7 Å². The van der Waals surface area contributed by atoms with Crippen LogP contribution in [0.1, 0.15) is 39.4 Å². The van der Waals surface area contributed by atoms with E-state index >= 15 is 0 Å². The van der Waals surface area contributed by atoms with Gasteiger partial charge in [-0.3, -0.25) is 4.79 Å². The molecule has 1 amide bonds. The lowest BCUT2D eigenvalue weighted by Crippen LogP contribution is -2.47. The maximum absolute atomic E-state index is 13.8. The number of hydrogen-bond acceptors (Lipinski definition) is 4. The first-order valence-electron chi connectivity index (χ1n) is 11.6. The maximum atomic E-state index is 13.8. The van der Waals surface area contributed by atoms with Crippen LogP contribution in [0.25, 0.3) is 0 Å². The smallest absolute Gasteiger partial charge is 0.258 e. The number of amides is 1. The second kappa shape index (κ2) is 8.98. The molecule has 0 aromatic heterocycles. The molecule has 1 N–H and O–H groups in total. The average Bonchev–Trinajstić information content (AvgIpc) is 3.16. The van der Waals surface area contributed by atoms with Crippen LogP contribution in [-0.2, 0) is 16.6 Å². The van der Waals surface area contributed by atoms with Crippen LogP contribution >= 0.6 is 0 Å². The van der Waals surface area contributed by atoms with E-state index in [1.54, 1.807) is 12.1 Å². The van der Waals surface area contributed by atoms with E-state index in [4.69, 9.17) is 0 Å². The minimum absolute atomic E-state index is 0.0805. The zero-order chi connectivity index (χ0) is 23.9. The number of nitrogens with one attached hydrogen (secondary N) is 1. The highest BCUT2D eigenvalue weighted by molar-refractivity contribution is 7.89. The first kappa shape index (κ1) is 22.8. The van der Waals surface area contributed by atoms with Gasteiger partial charge in [0.25, 0.3) is 5.91 Å². The highest BCUT2D eigenvalue weighted by Gasteiger charge is 2.44. The summed E-state index contributed by atoms with van der Waals surface area (Å²) in [6.07, 6.45) is 0.886. The molecule has 2 heterocycles. The first-order chi connectivity index (χ1) is 16.3. The van der Waals surface area contributed by atoms with Crippen LogP contribution in [0.4, 0.5) is 5.69 Å². The third-order valence-corrected chi connectivity index (χ3v) is 8.27. The Bertz CT molecular complexity index is 1320. The van der Waals surface area contributed by atoms with Crippen molar-refractivity contribution < 1.29 is 13.2 Å². The number of hydrogen-bond donors (Lipinski definition) is 1. The molecule has 3 aromatic carbocycles. The summed E-state index contributed by atoms with van der Waals surface area (Å²) in [6.45, 7) is 4.10. The van der Waals surface area contributed by atoms with Crippen molar-refractivity contribution in [3.05, 3.63) is 95.1 Å². The number of rotatable bonds is 5. The van der Waals surface area contributed by atoms with Crippen molar-refractivity contribution >= 4 is 21.6 Å². The molecule has 0 saturated carbocycles. The number of carbonyl (C=O) groups is 1. The molecule has 6 nitrogen and oxygen atoms in total. The summed E-state index contributed by atoms with van der Waals surface area (Å²) in [5.74, 6) is 0.110. The summed E-state index contributed by atoms with van der Waals surface area (Å²) in [5.41, 5.74) is 4.58. The van der Waals surface area contributed by atoms with Gasteiger partial charge in [0, 0.05) is 36.3 Å². The number of fused-ring (bicyclic) bond motifs is 3. The zero-order valence-electron chi connectivity index (χ0n) is 19.4. The van der Waals surface area contributed by atoms with E-state index in [9.17, 15) is 13.2 Å². The van der Waals surface area contributed by atoms with Crippen molar-refractivity contribution in [1.29, 1.82) is 0 Å². The van der Waals surface area contributed by atoms with Crippen molar-refractivity contribution in [3.8, 4) is 0 Å². The predicted molar refractivity (Wildman–Crippen MR) is 134 cm³/mol. The fourth-order valence-corrected chi connectivity index (χ4v) is 6.20. The molecule has 0 bridgehead atoms. The average molecular weight is 476 g/mol. The van der Waals surface area contributed by atoms with E-state index in [1.807, 2.05) is 47.4 Å². The fraction of sp³-hybridized carbons (Fsp3) is 0.296. The minimum Gasteiger partial charge on any atom is -0.306 e. The van der Waals surface area contributed by atoms with E-state index in [-0.39, 0.29) is 29.3 Å². The quantitative estimate of drug-likeness (QED) is 0.607. The Kier molecular flexibility index (Phi) is 6.02. The molecule has 2 aliphatic heterocycles. The van der Waals surface area contributed by atoms with Crippen LogP contribution in [-0.4, -0.2) is 45.4 Å². The molecule has 0 aliphatic carbocycles. The van der Waals surface area contributed by atoms with Gasteiger partial charge in [0.15, 0.2) is 0 Å². The summed E-state index contributed by atoms with van der Waals surface area (Å²) in [6, 6.07) is 22.1. The van der Waals surface area contributed by atoms with E-state index in [0.29, 0.717) is 5.56 Å². The number of likely N-dealkylation sites (tertiary alicyclic amines) is 1. The van der Waals surface area contributed by atoms with Gasteiger partial charge in [0.1, 0.15) is 0 Å². The zero-order valence-corrected chi connectivity index (χ0v) is 20.3. The normalized spacial score (nSPS) is 20.1. The standard InChI is InChI=1S/C27H29N3O3S/c1-19-11-12-25-23(15-19)24-18-29(2)14-13-26(24)30(25)27(31)21-9-6-10-22(16-21)34(32,33)28-17-20-7-4-3-5-8-20/h3-12,15-16,24,26,28H,13-14,17-18H2,1-2H3/t24-,26-/m1/s1. The molecule has 0 unspecified atom stereocenters. The van der Waals surface area contributed by atoms with Crippen LogP contribution in [0.15, 0.2) is 77.7 Å². The molecule has 3 aromatic rings. The van der Waals surface area contributed by atoms with Gasteiger partial charge < -0.3 is 9.80 Å². The van der Waals surface area contributed by atoms with Crippen LogP contribution < -0.4 is 9.62 Å². The topological polar surface area (TPSA) is 69.7 Å². The molecule has 7 heteroatoms. The SMILES string of the molecule is Cc1ccc2c(c1)[C@H]1CN(C)CC[C@H]1N2C(=O)c1cccc(S(=O)(=O)NCc2ccccc2)c1. The number of piperidine rings is 1. The minimum atomic E-state index is -3.76. The van der Waals surface area contributed by atoms with Gasteiger partial charge in [0.2, 0.25) is 10.0 Å². The van der Waals surface area contributed by atoms with Crippen LogP contribution in [0.5, 0.6) is 0 Å².